The van der Waals surface area contributed by atoms with Crippen LogP contribution in [0.15, 0.2) is 134 Å². The Morgan fingerprint density at radius 1 is 0.459 bits per heavy atom. The third-order valence-corrected chi connectivity index (χ3v) is 7.58. The highest BCUT2D eigenvalue weighted by Crippen LogP contribution is 2.40. The SMILES string of the molecule is c1cc(-c2c3ccc4ccccc4c3nc3c2ccc2ccccc23)cc(-n2ccc3ccccc32)c1. The van der Waals surface area contributed by atoms with Gasteiger partial charge in [-0.05, 0) is 46.0 Å². The molecule has 0 atom stereocenters. The second-order valence-electron chi connectivity index (χ2n) is 9.65. The lowest BCUT2D eigenvalue weighted by Crippen LogP contribution is -1.94. The van der Waals surface area contributed by atoms with Gasteiger partial charge >= 0.3 is 0 Å². The van der Waals surface area contributed by atoms with Gasteiger partial charge in [-0.15, -0.1) is 0 Å². The van der Waals surface area contributed by atoms with Crippen LogP contribution in [0.2, 0.25) is 0 Å². The molecular weight excluding hydrogens is 448 g/mol. The van der Waals surface area contributed by atoms with E-state index in [4.69, 9.17) is 4.98 Å². The average Bonchev–Trinajstić information content (AvgIpc) is 3.40. The van der Waals surface area contributed by atoms with Gasteiger partial charge in [0.2, 0.25) is 0 Å². The fraction of sp³-hybridized carbons (Fsp3) is 0. The van der Waals surface area contributed by atoms with E-state index in [2.05, 4.69) is 138 Å². The van der Waals surface area contributed by atoms with Crippen molar-refractivity contribution in [3.05, 3.63) is 134 Å². The predicted octanol–water partition coefficient (Wildman–Crippen LogP) is 9.31. The minimum absolute atomic E-state index is 1.05. The van der Waals surface area contributed by atoms with Crippen LogP contribution in [0.5, 0.6) is 0 Å². The molecule has 2 aromatic heterocycles. The van der Waals surface area contributed by atoms with Crippen LogP contribution in [0.25, 0.3) is 71.1 Å². The van der Waals surface area contributed by atoms with Gasteiger partial charge in [-0.25, -0.2) is 4.98 Å². The quantitative estimate of drug-likeness (QED) is 0.182. The number of aromatic nitrogens is 2. The van der Waals surface area contributed by atoms with Crippen LogP contribution in [0.3, 0.4) is 0 Å². The molecule has 8 aromatic rings. The van der Waals surface area contributed by atoms with Crippen molar-refractivity contribution in [1.82, 2.24) is 9.55 Å². The molecule has 0 radical (unpaired) electrons. The van der Waals surface area contributed by atoms with Gasteiger partial charge in [-0.1, -0.05) is 103 Å². The lowest BCUT2D eigenvalue weighted by Gasteiger charge is -2.16. The molecule has 2 nitrogen and oxygen atoms in total. The first-order valence-electron chi connectivity index (χ1n) is 12.6. The molecule has 0 aliphatic rings. The normalized spacial score (nSPS) is 11.8. The highest BCUT2D eigenvalue weighted by atomic mass is 15.0. The molecule has 0 fully saturated rings. The van der Waals surface area contributed by atoms with Crippen molar-refractivity contribution in [2.24, 2.45) is 0 Å². The second kappa shape index (κ2) is 7.78. The molecule has 0 bridgehead atoms. The third-order valence-electron chi connectivity index (χ3n) is 7.58. The predicted molar refractivity (Wildman–Crippen MR) is 157 cm³/mol. The Morgan fingerprint density at radius 2 is 1.08 bits per heavy atom. The van der Waals surface area contributed by atoms with Crippen molar-refractivity contribution in [2.75, 3.05) is 0 Å². The largest absolute Gasteiger partial charge is 0.317 e. The van der Waals surface area contributed by atoms with Gasteiger partial charge in [0.1, 0.15) is 0 Å². The molecule has 0 saturated heterocycles. The molecular formula is C35H22N2. The topological polar surface area (TPSA) is 17.8 Å². The lowest BCUT2D eigenvalue weighted by atomic mass is 9.92. The van der Waals surface area contributed by atoms with Gasteiger partial charge in [0.05, 0.1) is 16.6 Å². The van der Waals surface area contributed by atoms with E-state index in [-0.39, 0.29) is 0 Å². The van der Waals surface area contributed by atoms with Gasteiger partial charge < -0.3 is 4.57 Å². The molecule has 8 rings (SSSR count). The Labute approximate surface area is 214 Å². The van der Waals surface area contributed by atoms with E-state index in [1.165, 1.54) is 54.3 Å². The molecule has 0 unspecified atom stereocenters. The molecule has 6 aromatic carbocycles. The summed E-state index contributed by atoms with van der Waals surface area (Å²) in [7, 11) is 0. The van der Waals surface area contributed by atoms with Crippen LogP contribution in [0.1, 0.15) is 0 Å². The van der Waals surface area contributed by atoms with E-state index in [1.54, 1.807) is 0 Å². The highest BCUT2D eigenvalue weighted by Gasteiger charge is 2.16. The van der Waals surface area contributed by atoms with Crippen LogP contribution in [-0.4, -0.2) is 9.55 Å². The number of para-hydroxylation sites is 1. The highest BCUT2D eigenvalue weighted by molar-refractivity contribution is 6.21. The number of fused-ring (bicyclic) bond motifs is 7. The van der Waals surface area contributed by atoms with Gasteiger partial charge in [-0.3, -0.25) is 0 Å². The number of nitrogens with zero attached hydrogens (tertiary/aromatic N) is 2. The maximum absolute atomic E-state index is 5.33. The summed E-state index contributed by atoms with van der Waals surface area (Å²) in [5.41, 5.74) is 6.88. The average molecular weight is 471 g/mol. The summed E-state index contributed by atoms with van der Waals surface area (Å²) in [6.07, 6.45) is 2.16. The molecule has 2 heterocycles. The van der Waals surface area contributed by atoms with E-state index in [0.29, 0.717) is 0 Å². The molecule has 0 spiro atoms. The summed E-state index contributed by atoms with van der Waals surface area (Å²) in [6.45, 7) is 0. The minimum atomic E-state index is 1.05. The Balaban J connectivity index is 1.50. The fourth-order valence-electron chi connectivity index (χ4n) is 5.84. The van der Waals surface area contributed by atoms with Crippen molar-refractivity contribution >= 4 is 54.3 Å². The Kier molecular flexibility index (Phi) is 4.26. The molecule has 0 amide bonds. The first kappa shape index (κ1) is 20.3. The van der Waals surface area contributed by atoms with E-state index < -0.39 is 0 Å². The first-order chi connectivity index (χ1) is 18.3. The number of hydrogen-bond acceptors (Lipinski definition) is 1. The Hall–Kier alpha value is -4.95. The zero-order valence-corrected chi connectivity index (χ0v) is 20.1. The maximum Gasteiger partial charge on any atom is 0.0794 e. The van der Waals surface area contributed by atoms with Gasteiger partial charge in [0, 0.05) is 39.0 Å². The van der Waals surface area contributed by atoms with Crippen molar-refractivity contribution in [2.45, 2.75) is 0 Å². The molecule has 172 valence electrons. The van der Waals surface area contributed by atoms with Crippen LogP contribution < -0.4 is 0 Å². The number of hydrogen-bond donors (Lipinski definition) is 0. The van der Waals surface area contributed by atoms with Crippen LogP contribution in [0.4, 0.5) is 0 Å². The molecule has 0 aliphatic heterocycles. The molecule has 0 saturated carbocycles. The summed E-state index contributed by atoms with van der Waals surface area (Å²) in [4.78, 5) is 5.33. The summed E-state index contributed by atoms with van der Waals surface area (Å²) in [5.74, 6) is 0. The Morgan fingerprint density at radius 3 is 1.78 bits per heavy atom. The number of rotatable bonds is 2. The zero-order chi connectivity index (χ0) is 24.3. The Bertz CT molecular complexity index is 2060. The van der Waals surface area contributed by atoms with Gasteiger partial charge in [0.15, 0.2) is 0 Å². The van der Waals surface area contributed by atoms with Crippen molar-refractivity contribution in [3.8, 4) is 16.8 Å². The molecule has 2 heteroatoms. The smallest absolute Gasteiger partial charge is 0.0794 e. The molecule has 0 N–H and O–H groups in total. The van der Waals surface area contributed by atoms with Crippen molar-refractivity contribution < 1.29 is 0 Å². The van der Waals surface area contributed by atoms with E-state index in [0.717, 1.165) is 16.7 Å². The second-order valence-corrected chi connectivity index (χ2v) is 9.65. The standard InChI is InChI=1S/C35H22N2/c1-4-13-28-23(8-1)16-18-30-33(31-19-17-24-9-2-5-14-29(24)35(31)36-34(28)30)26-11-7-12-27(22-26)37-21-20-25-10-3-6-15-32(25)37/h1-22H. The van der Waals surface area contributed by atoms with E-state index in [1.807, 2.05) is 0 Å². The van der Waals surface area contributed by atoms with E-state index >= 15 is 0 Å². The number of pyridine rings is 1. The third kappa shape index (κ3) is 3.03. The van der Waals surface area contributed by atoms with Crippen LogP contribution in [-0.2, 0) is 0 Å². The summed E-state index contributed by atoms with van der Waals surface area (Å²) < 4.78 is 2.27. The van der Waals surface area contributed by atoms with E-state index in [9.17, 15) is 0 Å². The monoisotopic (exact) mass is 470 g/mol. The summed E-state index contributed by atoms with van der Waals surface area (Å²) in [5, 5.41) is 8.38. The summed E-state index contributed by atoms with van der Waals surface area (Å²) in [6, 6.07) is 45.6. The van der Waals surface area contributed by atoms with Crippen molar-refractivity contribution in [1.29, 1.82) is 0 Å². The maximum atomic E-state index is 5.33. The van der Waals surface area contributed by atoms with Gasteiger partial charge in [-0.2, -0.15) is 0 Å². The van der Waals surface area contributed by atoms with Crippen LogP contribution >= 0.6 is 0 Å². The lowest BCUT2D eigenvalue weighted by molar-refractivity contribution is 1.13. The zero-order valence-electron chi connectivity index (χ0n) is 20.1. The molecule has 0 aliphatic carbocycles. The molecule has 37 heavy (non-hydrogen) atoms. The van der Waals surface area contributed by atoms with Gasteiger partial charge in [0.25, 0.3) is 0 Å². The fourth-order valence-corrected chi connectivity index (χ4v) is 5.84. The van der Waals surface area contributed by atoms with Crippen molar-refractivity contribution in [3.63, 3.8) is 0 Å². The minimum Gasteiger partial charge on any atom is -0.317 e. The number of benzene rings is 6. The summed E-state index contributed by atoms with van der Waals surface area (Å²) >= 11 is 0. The van der Waals surface area contributed by atoms with Crippen LogP contribution in [0, 0.1) is 0 Å². The first-order valence-corrected chi connectivity index (χ1v) is 12.6.